The van der Waals surface area contributed by atoms with Crippen molar-refractivity contribution >= 4 is 46.7 Å². The molecule has 0 aliphatic rings. The van der Waals surface area contributed by atoms with Crippen molar-refractivity contribution in [3.05, 3.63) is 90.0 Å². The lowest BCUT2D eigenvalue weighted by atomic mass is 10.2. The number of thioether (sulfide) groups is 2. The van der Waals surface area contributed by atoms with Crippen molar-refractivity contribution in [2.75, 3.05) is 12.0 Å². The first-order valence-corrected chi connectivity index (χ1v) is 12.0. The Balaban J connectivity index is 1.41. The Labute approximate surface area is 190 Å². The fourth-order valence-corrected chi connectivity index (χ4v) is 4.33. The molecule has 0 spiro atoms. The highest BCUT2D eigenvalue weighted by atomic mass is 32.2. The largest absolute Gasteiger partial charge is 0.314 e. The second kappa shape index (κ2) is 10.3. The number of hydrogen-bond acceptors (Lipinski definition) is 5. The van der Waals surface area contributed by atoms with Crippen molar-refractivity contribution in [3.63, 3.8) is 0 Å². The normalized spacial score (nSPS) is 11.3. The number of rotatable bonds is 8. The minimum Gasteiger partial charge on any atom is -0.314 e. The van der Waals surface area contributed by atoms with Gasteiger partial charge in [0.25, 0.3) is 5.91 Å². The number of nitrogens with zero attached hydrogens (tertiary/aromatic N) is 3. The predicted octanol–water partition coefficient (Wildman–Crippen LogP) is 5.05. The van der Waals surface area contributed by atoms with Crippen LogP contribution in [0.1, 0.15) is 11.1 Å². The molecule has 0 fully saturated rings. The molecule has 7 heteroatoms. The number of imidazole rings is 1. The molecule has 0 saturated carbocycles. The molecule has 0 atom stereocenters. The van der Waals surface area contributed by atoms with E-state index in [0.29, 0.717) is 6.54 Å². The van der Waals surface area contributed by atoms with Crippen LogP contribution in [0.2, 0.25) is 0 Å². The van der Waals surface area contributed by atoms with Gasteiger partial charge in [0, 0.05) is 4.90 Å². The first kappa shape index (κ1) is 21.2. The van der Waals surface area contributed by atoms with Crippen LogP contribution in [-0.4, -0.2) is 33.7 Å². The number of fused-ring (bicyclic) bond motifs is 1. The lowest BCUT2D eigenvalue weighted by molar-refractivity contribution is -0.118. The number of hydrazone groups is 1. The number of carbonyl (C=O) groups excluding carboxylic acids is 1. The maximum atomic E-state index is 12.3. The van der Waals surface area contributed by atoms with Crippen LogP contribution in [0.4, 0.5) is 0 Å². The molecule has 0 unspecified atom stereocenters. The number of amides is 1. The number of benzene rings is 3. The van der Waals surface area contributed by atoms with Gasteiger partial charge in [-0.3, -0.25) is 4.79 Å². The SMILES string of the molecule is CSc1ccc(/C=N\NC(=O)CSc2nc3ccccc3n2Cc2ccccc2)cc1. The van der Waals surface area contributed by atoms with Gasteiger partial charge in [0.15, 0.2) is 5.16 Å². The third kappa shape index (κ3) is 5.57. The number of nitrogens with one attached hydrogen (secondary N) is 1. The van der Waals surface area contributed by atoms with Crippen LogP contribution in [-0.2, 0) is 11.3 Å². The van der Waals surface area contributed by atoms with E-state index in [1.165, 1.54) is 22.2 Å². The van der Waals surface area contributed by atoms with Crippen LogP contribution in [0, 0.1) is 0 Å². The fraction of sp³-hybridized carbons (Fsp3) is 0.125. The van der Waals surface area contributed by atoms with E-state index in [0.717, 1.165) is 21.8 Å². The fourth-order valence-electron chi connectivity index (χ4n) is 3.11. The van der Waals surface area contributed by atoms with Gasteiger partial charge < -0.3 is 4.57 Å². The lowest BCUT2D eigenvalue weighted by Gasteiger charge is -2.09. The van der Waals surface area contributed by atoms with Crippen molar-refractivity contribution in [2.45, 2.75) is 16.6 Å². The molecule has 1 N–H and O–H groups in total. The second-order valence-corrected chi connectivity index (χ2v) is 8.63. The van der Waals surface area contributed by atoms with Crippen LogP contribution >= 0.6 is 23.5 Å². The molecule has 1 amide bonds. The van der Waals surface area contributed by atoms with Crippen LogP contribution in [0.15, 0.2) is 94.0 Å². The van der Waals surface area contributed by atoms with E-state index in [1.807, 2.05) is 66.9 Å². The molecule has 0 aliphatic carbocycles. The monoisotopic (exact) mass is 446 g/mol. The molecular weight excluding hydrogens is 424 g/mol. The zero-order valence-electron chi connectivity index (χ0n) is 17.1. The molecule has 3 aromatic carbocycles. The van der Waals surface area contributed by atoms with Crippen molar-refractivity contribution in [3.8, 4) is 0 Å². The summed E-state index contributed by atoms with van der Waals surface area (Å²) in [7, 11) is 0. The van der Waals surface area contributed by atoms with Crippen molar-refractivity contribution < 1.29 is 4.79 Å². The summed E-state index contributed by atoms with van der Waals surface area (Å²) in [4.78, 5) is 18.2. The average Bonchev–Trinajstić information content (AvgIpc) is 3.16. The Kier molecular flexibility index (Phi) is 7.07. The quantitative estimate of drug-likeness (QED) is 0.234. The summed E-state index contributed by atoms with van der Waals surface area (Å²) in [6, 6.07) is 26.3. The van der Waals surface area contributed by atoms with Crippen molar-refractivity contribution in [1.29, 1.82) is 0 Å². The Morgan fingerprint density at radius 3 is 2.55 bits per heavy atom. The van der Waals surface area contributed by atoms with Gasteiger partial charge in [0.2, 0.25) is 0 Å². The van der Waals surface area contributed by atoms with E-state index in [4.69, 9.17) is 4.98 Å². The molecular formula is C24H22N4OS2. The van der Waals surface area contributed by atoms with Crippen molar-refractivity contribution in [2.24, 2.45) is 5.10 Å². The average molecular weight is 447 g/mol. The Morgan fingerprint density at radius 1 is 1.03 bits per heavy atom. The Bertz CT molecular complexity index is 1190. The molecule has 1 aromatic heterocycles. The summed E-state index contributed by atoms with van der Waals surface area (Å²) in [5.41, 5.74) is 6.71. The van der Waals surface area contributed by atoms with Gasteiger partial charge in [0.1, 0.15) is 0 Å². The first-order chi connectivity index (χ1) is 15.2. The number of para-hydroxylation sites is 2. The zero-order chi connectivity index (χ0) is 21.5. The molecule has 31 heavy (non-hydrogen) atoms. The number of hydrogen-bond donors (Lipinski definition) is 1. The van der Waals surface area contributed by atoms with E-state index in [-0.39, 0.29) is 11.7 Å². The van der Waals surface area contributed by atoms with E-state index >= 15 is 0 Å². The molecule has 4 aromatic rings. The van der Waals surface area contributed by atoms with E-state index < -0.39 is 0 Å². The van der Waals surface area contributed by atoms with Crippen LogP contribution in [0.25, 0.3) is 11.0 Å². The van der Waals surface area contributed by atoms with Crippen LogP contribution < -0.4 is 5.43 Å². The standard InChI is InChI=1S/C24H22N4OS2/c1-30-20-13-11-18(12-14-20)15-25-27-23(29)17-31-24-26-21-9-5-6-10-22(21)28(24)16-19-7-3-2-4-8-19/h2-15H,16-17H2,1H3,(H,27,29)/b25-15-. The first-order valence-electron chi connectivity index (χ1n) is 9.81. The summed E-state index contributed by atoms with van der Waals surface area (Å²) in [5, 5.41) is 4.89. The van der Waals surface area contributed by atoms with Gasteiger partial charge in [-0.05, 0) is 41.6 Å². The van der Waals surface area contributed by atoms with Gasteiger partial charge in [-0.25, -0.2) is 10.4 Å². The summed E-state index contributed by atoms with van der Waals surface area (Å²) < 4.78 is 2.15. The van der Waals surface area contributed by atoms with Gasteiger partial charge in [0.05, 0.1) is 29.5 Å². The highest BCUT2D eigenvalue weighted by molar-refractivity contribution is 7.99. The molecule has 4 rings (SSSR count). The van der Waals surface area contributed by atoms with Crippen molar-refractivity contribution in [1.82, 2.24) is 15.0 Å². The third-order valence-corrected chi connectivity index (χ3v) is 6.37. The maximum absolute atomic E-state index is 12.3. The summed E-state index contributed by atoms with van der Waals surface area (Å²) >= 11 is 3.10. The third-order valence-electron chi connectivity index (χ3n) is 4.65. The predicted molar refractivity (Wildman–Crippen MR) is 130 cm³/mol. The Morgan fingerprint density at radius 2 is 1.77 bits per heavy atom. The number of aromatic nitrogens is 2. The topological polar surface area (TPSA) is 59.3 Å². The van der Waals surface area contributed by atoms with Gasteiger partial charge >= 0.3 is 0 Å². The molecule has 0 saturated heterocycles. The highest BCUT2D eigenvalue weighted by Gasteiger charge is 2.13. The summed E-state index contributed by atoms with van der Waals surface area (Å²) in [6.45, 7) is 0.704. The van der Waals surface area contributed by atoms with E-state index in [1.54, 1.807) is 18.0 Å². The molecule has 156 valence electrons. The molecule has 0 radical (unpaired) electrons. The van der Waals surface area contributed by atoms with Gasteiger partial charge in [-0.15, -0.1) is 11.8 Å². The molecule has 1 heterocycles. The van der Waals surface area contributed by atoms with Crippen LogP contribution in [0.3, 0.4) is 0 Å². The summed E-state index contributed by atoms with van der Waals surface area (Å²) in [6.07, 6.45) is 3.69. The summed E-state index contributed by atoms with van der Waals surface area (Å²) in [5.74, 6) is 0.0706. The molecule has 0 aliphatic heterocycles. The molecule has 5 nitrogen and oxygen atoms in total. The lowest BCUT2D eigenvalue weighted by Crippen LogP contribution is -2.20. The van der Waals surface area contributed by atoms with E-state index in [9.17, 15) is 4.79 Å². The highest BCUT2D eigenvalue weighted by Crippen LogP contribution is 2.25. The van der Waals surface area contributed by atoms with Gasteiger partial charge in [-0.2, -0.15) is 5.10 Å². The van der Waals surface area contributed by atoms with Crippen LogP contribution in [0.5, 0.6) is 0 Å². The maximum Gasteiger partial charge on any atom is 0.250 e. The minimum atomic E-state index is -0.166. The second-order valence-electron chi connectivity index (χ2n) is 6.81. The molecule has 0 bridgehead atoms. The zero-order valence-corrected chi connectivity index (χ0v) is 18.7. The van der Waals surface area contributed by atoms with Gasteiger partial charge in [-0.1, -0.05) is 66.4 Å². The Hall–Kier alpha value is -3.03. The van der Waals surface area contributed by atoms with E-state index in [2.05, 4.69) is 33.3 Å². The smallest absolute Gasteiger partial charge is 0.250 e. The minimum absolute atomic E-state index is 0.166. The number of carbonyl (C=O) groups is 1.